The number of aliphatic carboxylic acids is 1. The van der Waals surface area contributed by atoms with Gasteiger partial charge in [0.15, 0.2) is 23.6 Å². The Morgan fingerprint density at radius 1 is 1.07 bits per heavy atom. The number of carboxylic acid groups (broad SMARTS) is 1. The van der Waals surface area contributed by atoms with Crippen LogP contribution in [-0.2, 0) is 32.1 Å². The fourth-order valence-corrected chi connectivity index (χ4v) is 5.19. The van der Waals surface area contributed by atoms with Gasteiger partial charge in [-0.1, -0.05) is 12.1 Å². The first-order valence-corrected chi connectivity index (χ1v) is 14.0. The van der Waals surface area contributed by atoms with Crippen molar-refractivity contribution in [1.29, 1.82) is 0 Å². The molecule has 10 nitrogen and oxygen atoms in total. The lowest BCUT2D eigenvalue weighted by molar-refractivity contribution is -0.139. The monoisotopic (exact) mass is 611 g/mol. The molecule has 2 unspecified atom stereocenters. The van der Waals surface area contributed by atoms with E-state index in [-0.39, 0.29) is 31.5 Å². The van der Waals surface area contributed by atoms with E-state index in [1.165, 1.54) is 16.7 Å². The number of carbonyl (C=O) groups is 4. The number of rotatable bonds is 11. The van der Waals surface area contributed by atoms with Crippen molar-refractivity contribution in [2.45, 2.75) is 57.2 Å². The third-order valence-electron chi connectivity index (χ3n) is 5.89. The van der Waals surface area contributed by atoms with E-state index < -0.39 is 65.0 Å². The molecule has 1 aliphatic heterocycles. The number of thioether (sulfide) groups is 1. The third-order valence-corrected chi connectivity index (χ3v) is 7.09. The molecule has 228 valence electrons. The number of hydrogen-bond acceptors (Lipinski definition) is 7. The van der Waals surface area contributed by atoms with E-state index in [9.17, 15) is 32.3 Å². The molecule has 0 aromatic heterocycles. The Labute approximate surface area is 244 Å². The Morgan fingerprint density at radius 3 is 2.38 bits per heavy atom. The van der Waals surface area contributed by atoms with Gasteiger partial charge in [0.05, 0.1) is 0 Å². The molecule has 42 heavy (non-hydrogen) atoms. The number of amides is 3. The molecular weight excluding hydrogens is 579 g/mol. The molecule has 1 fully saturated rings. The Kier molecular flexibility index (Phi) is 11.1. The van der Waals surface area contributed by atoms with Crippen molar-refractivity contribution in [3.05, 3.63) is 65.0 Å². The van der Waals surface area contributed by atoms with Crippen molar-refractivity contribution in [3.8, 4) is 5.75 Å². The molecule has 2 aromatic carbocycles. The molecule has 14 heteroatoms. The van der Waals surface area contributed by atoms with Crippen molar-refractivity contribution in [1.82, 2.24) is 15.5 Å². The highest BCUT2D eigenvalue weighted by Gasteiger charge is 2.36. The van der Waals surface area contributed by atoms with Crippen LogP contribution in [-0.4, -0.2) is 69.8 Å². The molecule has 1 aliphatic rings. The average molecular weight is 612 g/mol. The van der Waals surface area contributed by atoms with E-state index in [0.29, 0.717) is 29.2 Å². The lowest BCUT2D eigenvalue weighted by atomic mass is 10.0. The SMILES string of the molecule is CC(C)(C)OC(=O)NC(CC(=O)N1CCSC1C(=O)NCc1ccc(OCC(=O)O)cc1)Cc1cc(F)c(F)cc1F. The minimum Gasteiger partial charge on any atom is -0.482 e. The lowest BCUT2D eigenvalue weighted by Crippen LogP contribution is -2.48. The minimum absolute atomic E-state index is 0.134. The molecule has 1 heterocycles. The van der Waals surface area contributed by atoms with Crippen LogP contribution in [0.4, 0.5) is 18.0 Å². The van der Waals surface area contributed by atoms with Crippen LogP contribution in [0.1, 0.15) is 38.3 Å². The number of alkyl carbamates (subject to hydrolysis) is 1. The van der Waals surface area contributed by atoms with Crippen LogP contribution in [0.2, 0.25) is 0 Å². The lowest BCUT2D eigenvalue weighted by Gasteiger charge is -2.27. The second-order valence-corrected chi connectivity index (χ2v) is 11.7. The maximum absolute atomic E-state index is 14.4. The van der Waals surface area contributed by atoms with Crippen LogP contribution in [0, 0.1) is 17.5 Å². The zero-order chi connectivity index (χ0) is 31.0. The fourth-order valence-electron chi connectivity index (χ4n) is 4.03. The number of nitrogens with zero attached hydrogens (tertiary/aromatic N) is 1. The molecule has 0 spiro atoms. The third kappa shape index (κ3) is 9.86. The normalized spacial score (nSPS) is 15.6. The maximum atomic E-state index is 14.4. The van der Waals surface area contributed by atoms with Gasteiger partial charge in [-0.25, -0.2) is 22.8 Å². The Balaban J connectivity index is 1.66. The summed E-state index contributed by atoms with van der Waals surface area (Å²) in [5, 5.41) is 13.1. The second-order valence-electron chi connectivity index (χ2n) is 10.5. The quantitative estimate of drug-likeness (QED) is 0.328. The zero-order valence-corrected chi connectivity index (χ0v) is 24.1. The van der Waals surface area contributed by atoms with Crippen LogP contribution in [0.25, 0.3) is 0 Å². The number of carboxylic acids is 1. The number of ether oxygens (including phenoxy) is 2. The smallest absolute Gasteiger partial charge is 0.407 e. The molecule has 0 saturated carbocycles. The van der Waals surface area contributed by atoms with E-state index >= 15 is 0 Å². The fraction of sp³-hybridized carbons (Fsp3) is 0.429. The van der Waals surface area contributed by atoms with Crippen molar-refractivity contribution >= 4 is 35.6 Å². The number of hydrogen-bond donors (Lipinski definition) is 3. The van der Waals surface area contributed by atoms with Crippen LogP contribution >= 0.6 is 11.8 Å². The predicted molar refractivity (Wildman–Crippen MR) is 147 cm³/mol. The minimum atomic E-state index is -1.37. The summed E-state index contributed by atoms with van der Waals surface area (Å²) in [5.74, 6) is -4.90. The molecule has 2 aromatic rings. The van der Waals surface area contributed by atoms with E-state index in [0.717, 1.165) is 0 Å². The largest absolute Gasteiger partial charge is 0.482 e. The first-order chi connectivity index (χ1) is 19.7. The molecule has 0 bridgehead atoms. The molecule has 2 atom stereocenters. The first kappa shape index (κ1) is 32.6. The van der Waals surface area contributed by atoms with Gasteiger partial charge in [-0.2, -0.15) is 0 Å². The summed E-state index contributed by atoms with van der Waals surface area (Å²) in [6.07, 6.45) is -1.58. The van der Waals surface area contributed by atoms with E-state index in [4.69, 9.17) is 14.6 Å². The van der Waals surface area contributed by atoms with Gasteiger partial charge >= 0.3 is 12.1 Å². The standard InChI is InChI=1S/C28H32F3N3O7S/c1-28(2,3)41-27(39)33-18(10-17-11-21(30)22(31)13-20(17)29)12-23(35)34-8-9-42-26(34)25(38)32-14-16-4-6-19(7-5-16)40-15-24(36)37/h4-7,11,13,18,26H,8-10,12,14-15H2,1-3H3,(H,32,38)(H,33,39)(H,36,37). The molecular formula is C28H32F3N3O7S. The molecule has 3 rings (SSSR count). The van der Waals surface area contributed by atoms with E-state index in [2.05, 4.69) is 10.6 Å². The highest BCUT2D eigenvalue weighted by atomic mass is 32.2. The van der Waals surface area contributed by atoms with E-state index in [1.807, 2.05) is 0 Å². The predicted octanol–water partition coefficient (Wildman–Crippen LogP) is 3.61. The number of carbonyl (C=O) groups excluding carboxylic acids is 3. The number of halogens is 3. The molecule has 3 amide bonds. The van der Waals surface area contributed by atoms with Crippen molar-refractivity contribution < 1.29 is 46.9 Å². The van der Waals surface area contributed by atoms with Crippen LogP contribution < -0.4 is 15.4 Å². The van der Waals surface area contributed by atoms with E-state index in [1.54, 1.807) is 45.0 Å². The van der Waals surface area contributed by atoms with Crippen molar-refractivity contribution in [2.24, 2.45) is 0 Å². The van der Waals surface area contributed by atoms with Crippen LogP contribution in [0.3, 0.4) is 0 Å². The highest BCUT2D eigenvalue weighted by Crippen LogP contribution is 2.26. The van der Waals surface area contributed by atoms with Gasteiger partial charge in [0.25, 0.3) is 5.91 Å². The van der Waals surface area contributed by atoms with Crippen molar-refractivity contribution in [3.63, 3.8) is 0 Å². The summed E-state index contributed by atoms with van der Waals surface area (Å²) in [6, 6.07) is 6.47. The number of nitrogens with one attached hydrogen (secondary N) is 2. The zero-order valence-electron chi connectivity index (χ0n) is 23.2. The van der Waals surface area contributed by atoms with Gasteiger partial charge < -0.3 is 30.1 Å². The Bertz CT molecular complexity index is 1300. The summed E-state index contributed by atoms with van der Waals surface area (Å²) < 4.78 is 52.0. The summed E-state index contributed by atoms with van der Waals surface area (Å²) in [6.45, 7) is 4.80. The van der Waals surface area contributed by atoms with Crippen molar-refractivity contribution in [2.75, 3.05) is 18.9 Å². The van der Waals surface area contributed by atoms with Crippen LogP contribution in [0.15, 0.2) is 36.4 Å². The van der Waals surface area contributed by atoms with Gasteiger partial charge in [-0.05, 0) is 56.5 Å². The maximum Gasteiger partial charge on any atom is 0.407 e. The molecule has 0 radical (unpaired) electrons. The summed E-state index contributed by atoms with van der Waals surface area (Å²) in [5.41, 5.74) is -0.402. The van der Waals surface area contributed by atoms with Gasteiger partial charge in [-0.3, -0.25) is 9.59 Å². The molecule has 1 saturated heterocycles. The second kappa shape index (κ2) is 14.3. The average Bonchev–Trinajstić information content (AvgIpc) is 3.39. The van der Waals surface area contributed by atoms with Gasteiger partial charge in [0.2, 0.25) is 5.91 Å². The number of benzene rings is 2. The van der Waals surface area contributed by atoms with Gasteiger partial charge in [-0.15, -0.1) is 11.8 Å². The molecule has 0 aliphatic carbocycles. The summed E-state index contributed by atoms with van der Waals surface area (Å²) >= 11 is 1.25. The highest BCUT2D eigenvalue weighted by molar-refractivity contribution is 8.00. The summed E-state index contributed by atoms with van der Waals surface area (Å²) in [7, 11) is 0. The Hall–Kier alpha value is -3.94. The topological polar surface area (TPSA) is 134 Å². The van der Waals surface area contributed by atoms with Gasteiger partial charge in [0, 0.05) is 37.4 Å². The Morgan fingerprint density at radius 2 is 1.74 bits per heavy atom. The van der Waals surface area contributed by atoms with Gasteiger partial charge in [0.1, 0.15) is 17.2 Å². The van der Waals surface area contributed by atoms with Crippen LogP contribution in [0.5, 0.6) is 5.75 Å². The first-order valence-electron chi connectivity index (χ1n) is 13.0. The molecule has 3 N–H and O–H groups in total. The summed E-state index contributed by atoms with van der Waals surface area (Å²) in [4.78, 5) is 50.7.